The van der Waals surface area contributed by atoms with Crippen LogP contribution in [0.3, 0.4) is 0 Å². The number of hydrogen-bond donors (Lipinski definition) is 5. The Bertz CT molecular complexity index is 1600. The van der Waals surface area contributed by atoms with E-state index in [9.17, 15) is 14.4 Å². The summed E-state index contributed by atoms with van der Waals surface area (Å²) in [4.78, 5) is 48.2. The van der Waals surface area contributed by atoms with Crippen molar-refractivity contribution in [2.45, 2.75) is 19.5 Å². The van der Waals surface area contributed by atoms with Crippen LogP contribution in [0, 0.1) is 12.3 Å². The third-order valence-electron chi connectivity index (χ3n) is 6.05. The van der Waals surface area contributed by atoms with Crippen molar-refractivity contribution in [3.63, 3.8) is 0 Å². The van der Waals surface area contributed by atoms with Crippen molar-refractivity contribution in [1.82, 2.24) is 29.3 Å². The van der Waals surface area contributed by atoms with E-state index in [1.165, 1.54) is 22.4 Å². The Morgan fingerprint density at radius 3 is 2.62 bits per heavy atom. The molecule has 0 aliphatic rings. The molecule has 0 fully saturated rings. The Morgan fingerprint density at radius 2 is 1.95 bits per heavy atom. The van der Waals surface area contributed by atoms with Crippen molar-refractivity contribution in [1.29, 1.82) is 5.41 Å². The number of thiophene rings is 1. The van der Waals surface area contributed by atoms with Gasteiger partial charge >= 0.3 is 5.69 Å². The molecule has 0 bridgehead atoms. The number of aromatic nitrogens is 4. The van der Waals surface area contributed by atoms with E-state index in [0.717, 1.165) is 6.21 Å². The summed E-state index contributed by atoms with van der Waals surface area (Å²) in [7, 11) is 3.37. The van der Waals surface area contributed by atoms with Crippen molar-refractivity contribution in [3.05, 3.63) is 57.6 Å². The monoisotopic (exact) mass is 595 g/mol. The predicted molar refractivity (Wildman–Crippen MR) is 151 cm³/mol. The molecule has 0 spiro atoms. The fourth-order valence-electron chi connectivity index (χ4n) is 4.05. The Balaban J connectivity index is 0.00000420. The second kappa shape index (κ2) is 12.9. The van der Waals surface area contributed by atoms with Gasteiger partial charge < -0.3 is 37.8 Å². The standard InChI is InChI=1S/C25H30N9O3S.Co/c1-4-28-8-10-34-19-12-18-16(11-17(19)30-25(34)37)29-24(33(18)9-7-22(35)32(2)3)31-23(36)21-6-5-20(38-21)15(13-26)14-27;/h5-6,11-14,26,28H,1,4,7-10,27H2,2-3H3,(H,30,37)(H,29,31,36);/q-1;/b15-14+,26-13?;. The normalized spacial score (nSPS) is 11.5. The smallest absolute Gasteiger partial charge is 0.326 e. The maximum atomic E-state index is 13.1. The molecule has 0 aliphatic carbocycles. The second-order valence-corrected chi connectivity index (χ2v) is 9.78. The zero-order chi connectivity index (χ0) is 27.4. The van der Waals surface area contributed by atoms with Gasteiger partial charge in [-0.2, -0.15) is 0 Å². The van der Waals surface area contributed by atoms with Crippen molar-refractivity contribution in [3.8, 4) is 0 Å². The first-order valence-electron chi connectivity index (χ1n) is 11.9. The quantitative estimate of drug-likeness (QED) is 0.101. The number of nitrogens with zero attached hydrogens (tertiary/aromatic N) is 4. The second-order valence-electron chi connectivity index (χ2n) is 8.70. The number of H-pyrrole nitrogens is 1. The van der Waals surface area contributed by atoms with Gasteiger partial charge in [0.15, 0.2) is 0 Å². The zero-order valence-corrected chi connectivity index (χ0v) is 23.4. The van der Waals surface area contributed by atoms with Gasteiger partial charge in [-0.15, -0.1) is 17.9 Å². The van der Waals surface area contributed by atoms with Gasteiger partial charge in [-0.05, 0) is 24.3 Å². The van der Waals surface area contributed by atoms with E-state index in [0.29, 0.717) is 57.0 Å². The molecule has 0 aliphatic heterocycles. The molecular formula is C25H30CoN9O3S-. The van der Waals surface area contributed by atoms with E-state index in [1.807, 2.05) is 6.07 Å². The molecule has 0 saturated heterocycles. The molecule has 209 valence electrons. The van der Waals surface area contributed by atoms with Crippen molar-refractivity contribution in [2.24, 2.45) is 5.73 Å². The van der Waals surface area contributed by atoms with Crippen LogP contribution < -0.4 is 22.1 Å². The van der Waals surface area contributed by atoms with Crippen LogP contribution in [-0.2, 0) is 34.7 Å². The summed E-state index contributed by atoms with van der Waals surface area (Å²) in [5, 5.41) is 13.5. The number of nitrogens with one attached hydrogen (secondary N) is 4. The summed E-state index contributed by atoms with van der Waals surface area (Å²) >= 11 is 1.21. The number of nitrogens with two attached hydrogens (primary N) is 1. The first-order chi connectivity index (χ1) is 18.3. The van der Waals surface area contributed by atoms with Crippen LogP contribution in [0.25, 0.3) is 27.6 Å². The number of hydrogen-bond acceptors (Lipinski definition) is 8. The van der Waals surface area contributed by atoms with E-state index in [2.05, 4.69) is 27.5 Å². The van der Waals surface area contributed by atoms with E-state index < -0.39 is 0 Å². The molecule has 6 N–H and O–H groups in total. The number of fused-ring (bicyclic) bond motifs is 2. The van der Waals surface area contributed by atoms with E-state index in [4.69, 9.17) is 11.1 Å². The maximum absolute atomic E-state index is 13.1. The summed E-state index contributed by atoms with van der Waals surface area (Å²) in [6, 6.07) is 7.00. The largest absolute Gasteiger partial charge is 0.404 e. The van der Waals surface area contributed by atoms with Gasteiger partial charge in [0.2, 0.25) is 11.9 Å². The number of allylic oxidation sites excluding steroid dienone is 1. The summed E-state index contributed by atoms with van der Waals surface area (Å²) in [5.41, 5.74) is 8.42. The molecule has 3 heterocycles. The first-order valence-corrected chi connectivity index (χ1v) is 12.8. The number of carbonyl (C=O) groups excluding carboxylic acids is 2. The van der Waals surface area contributed by atoms with Crippen molar-refractivity contribution >= 4 is 63.0 Å². The fourth-order valence-corrected chi connectivity index (χ4v) is 4.94. The van der Waals surface area contributed by atoms with Crippen LogP contribution in [0.1, 0.15) is 21.0 Å². The molecule has 4 rings (SSSR count). The van der Waals surface area contributed by atoms with Gasteiger partial charge in [0.1, 0.15) is 0 Å². The van der Waals surface area contributed by atoms with Crippen LogP contribution in [0.2, 0.25) is 0 Å². The number of aryl methyl sites for hydroxylation is 1. The SMILES string of the molecule is [CH2-]CNCCn1c(=O)[nH]c2cc3nc(NC(=O)c4ccc(/C(C=N)=C/N)s4)n(CCC(=O)N(C)C)c3cc21.[Co]. The zero-order valence-electron chi connectivity index (χ0n) is 21.5. The van der Waals surface area contributed by atoms with E-state index >= 15 is 0 Å². The van der Waals surface area contributed by atoms with Crippen LogP contribution in [-0.4, -0.2) is 69.2 Å². The molecule has 4 aromatic rings. The number of anilines is 1. The van der Waals surface area contributed by atoms with Crippen molar-refractivity contribution < 1.29 is 26.4 Å². The number of benzene rings is 1. The average Bonchev–Trinajstić information content (AvgIpc) is 3.58. The minimum absolute atomic E-state index is 0. The molecule has 1 radical (unpaired) electrons. The minimum Gasteiger partial charge on any atom is -0.404 e. The fraction of sp³-hybridized carbons (Fsp3) is 0.280. The molecule has 0 unspecified atom stereocenters. The molecule has 3 aromatic heterocycles. The number of carbonyl (C=O) groups is 2. The van der Waals surface area contributed by atoms with Gasteiger partial charge in [0.05, 0.1) is 26.9 Å². The third-order valence-corrected chi connectivity index (χ3v) is 7.19. The van der Waals surface area contributed by atoms with Gasteiger partial charge in [-0.3, -0.25) is 19.5 Å². The average molecular weight is 596 g/mol. The molecular weight excluding hydrogens is 565 g/mol. The molecule has 0 atom stereocenters. The van der Waals surface area contributed by atoms with Crippen LogP contribution in [0.5, 0.6) is 0 Å². The summed E-state index contributed by atoms with van der Waals surface area (Å²) in [6.45, 7) is 5.61. The van der Waals surface area contributed by atoms with Gasteiger partial charge in [-0.1, -0.05) is 0 Å². The summed E-state index contributed by atoms with van der Waals surface area (Å²) < 4.78 is 3.42. The number of rotatable bonds is 11. The van der Waals surface area contributed by atoms with Gasteiger partial charge in [-0.25, -0.2) is 9.78 Å². The van der Waals surface area contributed by atoms with E-state index in [1.54, 1.807) is 41.4 Å². The Hall–Kier alpha value is -3.72. The van der Waals surface area contributed by atoms with E-state index in [-0.39, 0.29) is 53.2 Å². The van der Waals surface area contributed by atoms with Gasteiger partial charge in [0.25, 0.3) is 5.91 Å². The molecule has 0 saturated carbocycles. The molecule has 1 aromatic carbocycles. The third kappa shape index (κ3) is 6.30. The van der Waals surface area contributed by atoms with Crippen LogP contribution in [0.4, 0.5) is 5.95 Å². The topological polar surface area (TPSA) is 167 Å². The molecule has 39 heavy (non-hydrogen) atoms. The summed E-state index contributed by atoms with van der Waals surface area (Å²) in [6.07, 6.45) is 2.64. The Morgan fingerprint density at radius 1 is 1.21 bits per heavy atom. The molecule has 14 heteroatoms. The Labute approximate surface area is 239 Å². The van der Waals surface area contributed by atoms with Crippen LogP contribution in [0.15, 0.2) is 35.3 Å². The number of amides is 2. The predicted octanol–water partition coefficient (Wildman–Crippen LogP) is 1.84. The van der Waals surface area contributed by atoms with Gasteiger partial charge in [0, 0.05) is 79.8 Å². The summed E-state index contributed by atoms with van der Waals surface area (Å²) in [5.74, 6) is -0.160. The number of aromatic amines is 1. The molecule has 2 amide bonds. The first kappa shape index (κ1) is 29.8. The van der Waals surface area contributed by atoms with Crippen molar-refractivity contribution in [2.75, 3.05) is 32.5 Å². The maximum Gasteiger partial charge on any atom is 0.326 e. The minimum atomic E-state index is -0.375. The van der Waals surface area contributed by atoms with Crippen LogP contribution >= 0.6 is 11.3 Å². The molecule has 12 nitrogen and oxygen atoms in total. The Kier molecular flexibility index (Phi) is 9.85. The number of imidazole rings is 2.